The van der Waals surface area contributed by atoms with Crippen molar-refractivity contribution >= 4 is 23.2 Å². The molecule has 0 bridgehead atoms. The van der Waals surface area contributed by atoms with E-state index in [2.05, 4.69) is 5.32 Å². The number of hydrogen-bond acceptors (Lipinski definition) is 2. The summed E-state index contributed by atoms with van der Waals surface area (Å²) in [5.41, 5.74) is 1.36. The van der Waals surface area contributed by atoms with Gasteiger partial charge in [0.15, 0.2) is 0 Å². The molecule has 0 heterocycles. The van der Waals surface area contributed by atoms with Crippen LogP contribution >= 0.6 is 23.2 Å². The van der Waals surface area contributed by atoms with Crippen LogP contribution in [0.1, 0.15) is 13.8 Å². The molecule has 1 atom stereocenters. The molecule has 0 aromatic carbocycles. The second-order valence-electron chi connectivity index (χ2n) is 2.45. The van der Waals surface area contributed by atoms with Crippen LogP contribution in [0.4, 0.5) is 0 Å². The van der Waals surface area contributed by atoms with Gasteiger partial charge in [0.25, 0.3) is 0 Å². The predicted octanol–water partition coefficient (Wildman–Crippen LogP) is 2.32. The summed E-state index contributed by atoms with van der Waals surface area (Å²) in [7, 11) is 0. The first-order valence-electron chi connectivity index (χ1n) is 3.97. The van der Waals surface area contributed by atoms with Crippen molar-refractivity contribution in [3.8, 4) is 0 Å². The first-order chi connectivity index (χ1) is 5.70. The quantitative estimate of drug-likeness (QED) is 0.729. The van der Waals surface area contributed by atoms with Crippen LogP contribution in [0.15, 0.2) is 10.6 Å². The fourth-order valence-corrected chi connectivity index (χ4v) is 0.949. The lowest BCUT2D eigenvalue weighted by Crippen LogP contribution is -2.27. The molecule has 4 heteroatoms. The van der Waals surface area contributed by atoms with Gasteiger partial charge in [-0.2, -0.15) is 0 Å². The fourth-order valence-electron chi connectivity index (χ4n) is 0.777. The molecule has 0 radical (unpaired) electrons. The molecule has 0 amide bonds. The van der Waals surface area contributed by atoms with Gasteiger partial charge in [-0.25, -0.2) is 0 Å². The highest BCUT2D eigenvalue weighted by Crippen LogP contribution is 2.00. The molecule has 0 aliphatic rings. The van der Waals surface area contributed by atoms with E-state index < -0.39 is 0 Å². The van der Waals surface area contributed by atoms with Crippen molar-refractivity contribution in [3.63, 3.8) is 0 Å². The molecule has 0 saturated carbocycles. The summed E-state index contributed by atoms with van der Waals surface area (Å²) in [4.78, 5) is 0. The van der Waals surface area contributed by atoms with Gasteiger partial charge >= 0.3 is 0 Å². The van der Waals surface area contributed by atoms with Crippen LogP contribution in [0.2, 0.25) is 0 Å². The van der Waals surface area contributed by atoms with Crippen molar-refractivity contribution in [2.24, 2.45) is 0 Å². The maximum Gasteiger partial charge on any atom is 0.0671 e. The highest BCUT2D eigenvalue weighted by molar-refractivity contribution is 6.36. The Morgan fingerprint density at radius 3 is 2.83 bits per heavy atom. The summed E-state index contributed by atoms with van der Waals surface area (Å²) >= 11 is 11.0. The van der Waals surface area contributed by atoms with Gasteiger partial charge in [-0.05, 0) is 13.8 Å². The third-order valence-corrected chi connectivity index (χ3v) is 1.91. The smallest absolute Gasteiger partial charge is 0.0671 e. The predicted molar refractivity (Wildman–Crippen MR) is 53.7 cm³/mol. The molecule has 0 rings (SSSR count). The van der Waals surface area contributed by atoms with Gasteiger partial charge < -0.3 is 10.1 Å². The van der Waals surface area contributed by atoms with Gasteiger partial charge in [-0.3, -0.25) is 0 Å². The SMILES string of the molecule is CCOC(C)CNCC(Cl)=CCl. The molecule has 72 valence electrons. The standard InChI is InChI=1S/C8H15Cl2NO/c1-3-12-7(2)5-11-6-8(10)4-9/h4,7,11H,3,5-6H2,1-2H3. The van der Waals surface area contributed by atoms with Gasteiger partial charge in [0.2, 0.25) is 0 Å². The zero-order valence-electron chi connectivity index (χ0n) is 7.44. The Hall–Kier alpha value is 0.240. The summed E-state index contributed by atoms with van der Waals surface area (Å²) in [6.07, 6.45) is 0.217. The minimum atomic E-state index is 0.217. The molecule has 0 fully saturated rings. The lowest BCUT2D eigenvalue weighted by molar-refractivity contribution is 0.0768. The highest BCUT2D eigenvalue weighted by Gasteiger charge is 1.99. The molecule has 0 aromatic heterocycles. The van der Waals surface area contributed by atoms with Crippen molar-refractivity contribution < 1.29 is 4.74 Å². The van der Waals surface area contributed by atoms with E-state index in [0.717, 1.165) is 13.2 Å². The average molecular weight is 212 g/mol. The Balaban J connectivity index is 3.30. The minimum Gasteiger partial charge on any atom is -0.377 e. The van der Waals surface area contributed by atoms with E-state index >= 15 is 0 Å². The summed E-state index contributed by atoms with van der Waals surface area (Å²) in [6.45, 7) is 6.11. The summed E-state index contributed by atoms with van der Waals surface area (Å²) < 4.78 is 5.30. The Kier molecular flexibility index (Phi) is 8.02. The van der Waals surface area contributed by atoms with Crippen molar-refractivity contribution in [1.82, 2.24) is 5.32 Å². The summed E-state index contributed by atoms with van der Waals surface area (Å²) in [6, 6.07) is 0. The first-order valence-corrected chi connectivity index (χ1v) is 4.79. The van der Waals surface area contributed by atoms with Gasteiger partial charge in [0.1, 0.15) is 0 Å². The van der Waals surface area contributed by atoms with Gasteiger partial charge in [0, 0.05) is 30.3 Å². The van der Waals surface area contributed by atoms with Crippen LogP contribution in [0, 0.1) is 0 Å². The normalized spacial score (nSPS) is 14.8. The number of halogens is 2. The fraction of sp³-hybridized carbons (Fsp3) is 0.750. The van der Waals surface area contributed by atoms with Crippen LogP contribution in [-0.4, -0.2) is 25.8 Å². The van der Waals surface area contributed by atoms with Crippen LogP contribution in [0.5, 0.6) is 0 Å². The molecule has 0 aliphatic carbocycles. The maximum absolute atomic E-state index is 5.65. The number of rotatable bonds is 6. The Morgan fingerprint density at radius 1 is 1.67 bits per heavy atom. The van der Waals surface area contributed by atoms with E-state index in [-0.39, 0.29) is 6.10 Å². The lowest BCUT2D eigenvalue weighted by atomic mass is 10.4. The molecular weight excluding hydrogens is 197 g/mol. The zero-order valence-corrected chi connectivity index (χ0v) is 8.95. The molecule has 0 aromatic rings. The van der Waals surface area contributed by atoms with Crippen LogP contribution in [0.3, 0.4) is 0 Å². The summed E-state index contributed by atoms with van der Waals surface area (Å²) in [5, 5.41) is 3.72. The second kappa shape index (κ2) is 7.87. The van der Waals surface area contributed by atoms with E-state index in [1.807, 2.05) is 13.8 Å². The van der Waals surface area contributed by atoms with Crippen molar-refractivity contribution in [2.75, 3.05) is 19.7 Å². The van der Waals surface area contributed by atoms with E-state index in [1.165, 1.54) is 5.54 Å². The topological polar surface area (TPSA) is 21.3 Å². The zero-order chi connectivity index (χ0) is 9.40. The Labute approximate surface area is 83.9 Å². The van der Waals surface area contributed by atoms with Crippen LogP contribution in [0.25, 0.3) is 0 Å². The van der Waals surface area contributed by atoms with Crippen LogP contribution < -0.4 is 5.32 Å². The van der Waals surface area contributed by atoms with E-state index in [4.69, 9.17) is 27.9 Å². The van der Waals surface area contributed by atoms with Crippen molar-refractivity contribution in [1.29, 1.82) is 0 Å². The molecule has 0 spiro atoms. The monoisotopic (exact) mass is 211 g/mol. The third-order valence-electron chi connectivity index (χ3n) is 1.30. The largest absolute Gasteiger partial charge is 0.377 e. The van der Waals surface area contributed by atoms with Gasteiger partial charge in [-0.15, -0.1) is 0 Å². The first kappa shape index (κ1) is 12.2. The molecule has 0 aliphatic heterocycles. The van der Waals surface area contributed by atoms with Crippen molar-refractivity contribution in [3.05, 3.63) is 10.6 Å². The second-order valence-corrected chi connectivity index (χ2v) is 3.16. The highest BCUT2D eigenvalue weighted by atomic mass is 35.5. The Morgan fingerprint density at radius 2 is 2.33 bits per heavy atom. The van der Waals surface area contributed by atoms with E-state index in [9.17, 15) is 0 Å². The number of hydrogen-bond donors (Lipinski definition) is 1. The third kappa shape index (κ3) is 6.92. The van der Waals surface area contributed by atoms with Gasteiger partial charge in [0.05, 0.1) is 6.10 Å². The molecule has 2 nitrogen and oxygen atoms in total. The maximum atomic E-state index is 5.65. The van der Waals surface area contributed by atoms with Gasteiger partial charge in [-0.1, -0.05) is 23.2 Å². The minimum absolute atomic E-state index is 0.217. The van der Waals surface area contributed by atoms with E-state index in [1.54, 1.807) is 0 Å². The number of ether oxygens (including phenoxy) is 1. The molecule has 1 N–H and O–H groups in total. The van der Waals surface area contributed by atoms with Crippen molar-refractivity contribution in [2.45, 2.75) is 20.0 Å². The molecule has 12 heavy (non-hydrogen) atoms. The van der Waals surface area contributed by atoms with Crippen LogP contribution in [-0.2, 0) is 4.74 Å². The average Bonchev–Trinajstić information content (AvgIpc) is 2.04. The molecule has 1 unspecified atom stereocenters. The molecule has 0 saturated heterocycles. The Bertz CT molecular complexity index is 139. The lowest BCUT2D eigenvalue weighted by Gasteiger charge is -2.11. The summed E-state index contributed by atoms with van der Waals surface area (Å²) in [5.74, 6) is 0. The molecular formula is C8H15Cl2NO. The van der Waals surface area contributed by atoms with E-state index in [0.29, 0.717) is 11.6 Å². The number of nitrogens with one attached hydrogen (secondary N) is 1.